The van der Waals surface area contributed by atoms with Crippen LogP contribution in [-0.2, 0) is 4.79 Å². The fourth-order valence-electron chi connectivity index (χ4n) is 3.09. The van der Waals surface area contributed by atoms with E-state index in [9.17, 15) is 4.79 Å². The molecule has 110 valence electrons. The molecule has 0 aliphatic heterocycles. The summed E-state index contributed by atoms with van der Waals surface area (Å²) in [6.07, 6.45) is 3.12. The van der Waals surface area contributed by atoms with E-state index in [1.54, 1.807) is 7.11 Å². The lowest BCUT2D eigenvalue weighted by atomic mass is 9.94. The standard InChI is InChI=1S/C16H24N2O2/c1-11(13-7-3-4-9-15(13)20-2)18-16(19)14-8-5-6-12(14)10-17/h3-4,7,9,11-12,14H,5-6,8,10,17H2,1-2H3,(H,18,19)/t11?,12-,14-/m1/s1. The number of methoxy groups -OCH3 is 1. The van der Waals surface area contributed by atoms with E-state index in [-0.39, 0.29) is 17.9 Å². The Bertz CT molecular complexity index is 462. The van der Waals surface area contributed by atoms with Gasteiger partial charge in [-0.15, -0.1) is 0 Å². The topological polar surface area (TPSA) is 64.3 Å². The number of amides is 1. The van der Waals surface area contributed by atoms with Gasteiger partial charge in [0.25, 0.3) is 0 Å². The number of carbonyl (C=O) groups excluding carboxylic acids is 1. The summed E-state index contributed by atoms with van der Waals surface area (Å²) in [5.74, 6) is 1.33. The van der Waals surface area contributed by atoms with E-state index in [4.69, 9.17) is 10.5 Å². The zero-order valence-corrected chi connectivity index (χ0v) is 12.3. The zero-order valence-electron chi connectivity index (χ0n) is 12.3. The number of benzene rings is 1. The molecule has 2 rings (SSSR count). The molecule has 4 heteroatoms. The predicted molar refractivity (Wildman–Crippen MR) is 79.4 cm³/mol. The minimum atomic E-state index is -0.0577. The second-order valence-electron chi connectivity index (χ2n) is 5.51. The van der Waals surface area contributed by atoms with Crippen molar-refractivity contribution in [3.8, 4) is 5.75 Å². The average Bonchev–Trinajstić information content (AvgIpc) is 2.95. The largest absolute Gasteiger partial charge is 0.496 e. The van der Waals surface area contributed by atoms with Crippen LogP contribution in [0.1, 0.15) is 37.8 Å². The summed E-state index contributed by atoms with van der Waals surface area (Å²) in [5.41, 5.74) is 6.75. The second kappa shape index (κ2) is 6.75. The van der Waals surface area contributed by atoms with Gasteiger partial charge in [-0.25, -0.2) is 0 Å². The third-order valence-electron chi connectivity index (χ3n) is 4.26. The van der Waals surface area contributed by atoms with Gasteiger partial charge in [0.2, 0.25) is 5.91 Å². The van der Waals surface area contributed by atoms with Crippen LogP contribution in [-0.4, -0.2) is 19.6 Å². The number of carbonyl (C=O) groups is 1. The molecule has 1 aromatic carbocycles. The lowest BCUT2D eigenvalue weighted by molar-refractivity contribution is -0.126. The van der Waals surface area contributed by atoms with Crippen molar-refractivity contribution in [1.82, 2.24) is 5.32 Å². The number of hydrogen-bond donors (Lipinski definition) is 2. The number of nitrogens with two attached hydrogens (primary N) is 1. The van der Waals surface area contributed by atoms with Crippen molar-refractivity contribution in [2.75, 3.05) is 13.7 Å². The van der Waals surface area contributed by atoms with E-state index in [0.29, 0.717) is 12.5 Å². The molecular weight excluding hydrogens is 252 g/mol. The fourth-order valence-corrected chi connectivity index (χ4v) is 3.09. The number of rotatable bonds is 5. The van der Waals surface area contributed by atoms with Crippen LogP contribution in [0.4, 0.5) is 0 Å². The summed E-state index contributed by atoms with van der Waals surface area (Å²) in [6.45, 7) is 2.59. The number of nitrogens with one attached hydrogen (secondary N) is 1. The lowest BCUT2D eigenvalue weighted by Gasteiger charge is -2.22. The summed E-state index contributed by atoms with van der Waals surface area (Å²) >= 11 is 0. The van der Waals surface area contributed by atoms with Crippen LogP contribution in [0.25, 0.3) is 0 Å². The van der Waals surface area contributed by atoms with Gasteiger partial charge >= 0.3 is 0 Å². The summed E-state index contributed by atoms with van der Waals surface area (Å²) in [5, 5.41) is 3.10. The molecule has 1 fully saturated rings. The highest BCUT2D eigenvalue weighted by molar-refractivity contribution is 5.79. The van der Waals surface area contributed by atoms with Gasteiger partial charge in [-0.3, -0.25) is 4.79 Å². The van der Waals surface area contributed by atoms with Crippen molar-refractivity contribution in [2.24, 2.45) is 17.6 Å². The molecule has 1 amide bonds. The molecule has 1 aliphatic rings. The Labute approximate surface area is 120 Å². The smallest absolute Gasteiger partial charge is 0.223 e. The lowest BCUT2D eigenvalue weighted by Crippen LogP contribution is -2.36. The highest BCUT2D eigenvalue weighted by Gasteiger charge is 2.32. The maximum Gasteiger partial charge on any atom is 0.223 e. The predicted octanol–water partition coefficient (Wildman–Crippen LogP) is 2.25. The van der Waals surface area contributed by atoms with Crippen molar-refractivity contribution in [3.63, 3.8) is 0 Å². The molecule has 1 aromatic rings. The summed E-state index contributed by atoms with van der Waals surface area (Å²) in [6, 6.07) is 7.73. The van der Waals surface area contributed by atoms with Gasteiger partial charge in [0.1, 0.15) is 5.75 Å². The number of para-hydroxylation sites is 1. The first-order valence-electron chi connectivity index (χ1n) is 7.30. The van der Waals surface area contributed by atoms with Crippen molar-refractivity contribution >= 4 is 5.91 Å². The molecule has 1 aliphatic carbocycles. The van der Waals surface area contributed by atoms with Crippen molar-refractivity contribution < 1.29 is 9.53 Å². The Morgan fingerprint density at radius 1 is 1.45 bits per heavy atom. The normalized spacial score (nSPS) is 23.4. The van der Waals surface area contributed by atoms with E-state index >= 15 is 0 Å². The summed E-state index contributed by atoms with van der Waals surface area (Å²) in [7, 11) is 1.65. The third-order valence-corrected chi connectivity index (χ3v) is 4.26. The SMILES string of the molecule is COc1ccccc1C(C)NC(=O)[C@@H]1CCC[C@@H]1CN. The van der Waals surface area contributed by atoms with Crippen LogP contribution in [0, 0.1) is 11.8 Å². The zero-order chi connectivity index (χ0) is 14.5. The van der Waals surface area contributed by atoms with E-state index in [1.165, 1.54) is 0 Å². The quantitative estimate of drug-likeness (QED) is 0.867. The van der Waals surface area contributed by atoms with Crippen LogP contribution in [0.2, 0.25) is 0 Å². The van der Waals surface area contributed by atoms with E-state index in [0.717, 1.165) is 30.6 Å². The molecule has 1 saturated carbocycles. The Morgan fingerprint density at radius 3 is 2.90 bits per heavy atom. The molecule has 0 spiro atoms. The highest BCUT2D eigenvalue weighted by Crippen LogP contribution is 2.32. The van der Waals surface area contributed by atoms with Crippen molar-refractivity contribution in [1.29, 1.82) is 0 Å². The van der Waals surface area contributed by atoms with E-state index in [1.807, 2.05) is 31.2 Å². The minimum absolute atomic E-state index is 0.0577. The van der Waals surface area contributed by atoms with Crippen molar-refractivity contribution in [3.05, 3.63) is 29.8 Å². The first kappa shape index (κ1) is 14.9. The molecule has 20 heavy (non-hydrogen) atoms. The Hall–Kier alpha value is -1.55. The average molecular weight is 276 g/mol. The monoisotopic (exact) mass is 276 g/mol. The van der Waals surface area contributed by atoms with Crippen LogP contribution in [0.5, 0.6) is 5.75 Å². The fraction of sp³-hybridized carbons (Fsp3) is 0.562. The van der Waals surface area contributed by atoms with Gasteiger partial charge in [0, 0.05) is 11.5 Å². The van der Waals surface area contributed by atoms with Crippen LogP contribution in [0.15, 0.2) is 24.3 Å². The van der Waals surface area contributed by atoms with Gasteiger partial charge in [0.15, 0.2) is 0 Å². The molecule has 0 saturated heterocycles. The van der Waals surface area contributed by atoms with Crippen LogP contribution >= 0.6 is 0 Å². The molecular formula is C16H24N2O2. The highest BCUT2D eigenvalue weighted by atomic mass is 16.5. The number of ether oxygens (including phenoxy) is 1. The van der Waals surface area contributed by atoms with E-state index < -0.39 is 0 Å². The molecule has 0 heterocycles. The molecule has 0 radical (unpaired) electrons. The van der Waals surface area contributed by atoms with Gasteiger partial charge < -0.3 is 15.8 Å². The maximum absolute atomic E-state index is 12.4. The molecule has 3 N–H and O–H groups in total. The number of hydrogen-bond acceptors (Lipinski definition) is 3. The maximum atomic E-state index is 12.4. The van der Waals surface area contributed by atoms with Crippen molar-refractivity contribution in [2.45, 2.75) is 32.2 Å². The second-order valence-corrected chi connectivity index (χ2v) is 5.51. The molecule has 0 aromatic heterocycles. The van der Waals surface area contributed by atoms with Gasteiger partial charge in [0.05, 0.1) is 13.2 Å². The molecule has 0 bridgehead atoms. The molecule has 3 atom stereocenters. The van der Waals surface area contributed by atoms with E-state index in [2.05, 4.69) is 5.32 Å². The molecule has 1 unspecified atom stereocenters. The van der Waals surface area contributed by atoms with Gasteiger partial charge in [-0.05, 0) is 38.3 Å². The minimum Gasteiger partial charge on any atom is -0.496 e. The Morgan fingerprint density at radius 2 is 2.20 bits per heavy atom. The molecule has 4 nitrogen and oxygen atoms in total. The van der Waals surface area contributed by atoms with Gasteiger partial charge in [-0.2, -0.15) is 0 Å². The first-order valence-corrected chi connectivity index (χ1v) is 7.30. The Balaban J connectivity index is 2.03. The first-order chi connectivity index (χ1) is 9.67. The Kier molecular flexibility index (Phi) is 5.01. The third kappa shape index (κ3) is 3.12. The summed E-state index contributed by atoms with van der Waals surface area (Å²) < 4.78 is 5.34. The van der Waals surface area contributed by atoms with Gasteiger partial charge in [-0.1, -0.05) is 24.6 Å². The summed E-state index contributed by atoms with van der Waals surface area (Å²) in [4.78, 5) is 12.4. The van der Waals surface area contributed by atoms with Crippen LogP contribution in [0.3, 0.4) is 0 Å². The van der Waals surface area contributed by atoms with Crippen LogP contribution < -0.4 is 15.8 Å².